The molecule has 1 N–H and O–H groups in total. The number of carbonyl (C=O) groups is 1. The maximum Gasteiger partial charge on any atom is 0.317 e. The van der Waals surface area contributed by atoms with E-state index in [1.807, 2.05) is 35.2 Å². The Morgan fingerprint density at radius 2 is 2.08 bits per heavy atom. The number of hydrogen-bond acceptors (Lipinski definition) is 4. The van der Waals surface area contributed by atoms with E-state index in [1.54, 1.807) is 13.3 Å². The van der Waals surface area contributed by atoms with E-state index in [-0.39, 0.29) is 12.1 Å². The Hall–Kier alpha value is -2.34. The molecule has 0 saturated carbocycles. The van der Waals surface area contributed by atoms with Crippen molar-refractivity contribution in [2.75, 3.05) is 33.4 Å². The third kappa shape index (κ3) is 3.94. The van der Waals surface area contributed by atoms with Gasteiger partial charge in [-0.05, 0) is 12.1 Å². The maximum atomic E-state index is 12.0. The van der Waals surface area contributed by atoms with Gasteiger partial charge in [0.25, 0.3) is 0 Å². The molecule has 1 aliphatic heterocycles. The minimum absolute atomic E-state index is 0.0303. The van der Waals surface area contributed by atoms with Crippen LogP contribution in [-0.2, 0) is 4.74 Å². The summed E-state index contributed by atoms with van der Waals surface area (Å²) < 4.78 is 11.1. The molecule has 6 heteroatoms. The molecule has 1 aromatic heterocycles. The molecule has 0 radical (unpaired) electrons. The van der Waals surface area contributed by atoms with Crippen molar-refractivity contribution in [2.45, 2.75) is 18.9 Å². The number of ether oxygens (including phenoxy) is 2. The van der Waals surface area contributed by atoms with Crippen LogP contribution in [0.5, 0.6) is 5.75 Å². The van der Waals surface area contributed by atoms with Gasteiger partial charge in [-0.25, -0.2) is 4.79 Å². The first kappa shape index (κ1) is 16.5. The highest BCUT2D eigenvalue weighted by Gasteiger charge is 2.24. The summed E-state index contributed by atoms with van der Waals surface area (Å²) in [5.41, 5.74) is 0.889. The van der Waals surface area contributed by atoms with Gasteiger partial charge >= 0.3 is 6.03 Å². The number of methoxy groups -OCH3 is 1. The van der Waals surface area contributed by atoms with E-state index >= 15 is 0 Å². The van der Waals surface area contributed by atoms with Gasteiger partial charge in [0.1, 0.15) is 17.4 Å². The molecule has 0 spiro atoms. The van der Waals surface area contributed by atoms with Crippen molar-refractivity contribution in [3.63, 3.8) is 0 Å². The Kier molecular flexibility index (Phi) is 5.48. The summed E-state index contributed by atoms with van der Waals surface area (Å²) in [5.74, 6) is 0.816. The molecular weight excluding hydrogens is 306 g/mol. The normalized spacial score (nSPS) is 15.5. The number of para-hydroxylation sites is 1. The van der Waals surface area contributed by atoms with Crippen LogP contribution in [0.3, 0.4) is 0 Å². The van der Waals surface area contributed by atoms with Crippen LogP contribution in [0.4, 0.5) is 4.79 Å². The molecule has 2 heterocycles. The number of nitrogens with one attached hydrogen (secondary N) is 1. The summed E-state index contributed by atoms with van der Waals surface area (Å²) in [6.07, 6.45) is 3.53. The first-order valence-corrected chi connectivity index (χ1v) is 8.30. The van der Waals surface area contributed by atoms with Crippen LogP contribution in [0.1, 0.15) is 12.8 Å². The van der Waals surface area contributed by atoms with Crippen LogP contribution in [0.2, 0.25) is 0 Å². The number of aromatic nitrogens is 1. The lowest BCUT2D eigenvalue weighted by atomic mass is 10.1. The van der Waals surface area contributed by atoms with Crippen molar-refractivity contribution in [3.8, 4) is 5.75 Å². The van der Waals surface area contributed by atoms with E-state index in [1.165, 1.54) is 0 Å². The Morgan fingerprint density at radius 1 is 1.29 bits per heavy atom. The van der Waals surface area contributed by atoms with Gasteiger partial charge in [0.15, 0.2) is 0 Å². The lowest BCUT2D eigenvalue weighted by Crippen LogP contribution is -2.47. The highest BCUT2D eigenvalue weighted by atomic mass is 16.5. The number of pyridine rings is 1. The minimum Gasteiger partial charge on any atom is -0.488 e. The predicted molar refractivity (Wildman–Crippen MR) is 92.2 cm³/mol. The second kappa shape index (κ2) is 7.97. The summed E-state index contributed by atoms with van der Waals surface area (Å²) >= 11 is 0. The summed E-state index contributed by atoms with van der Waals surface area (Å²) in [6, 6.07) is 9.89. The molecule has 2 amide bonds. The molecule has 128 valence electrons. The number of benzene rings is 1. The molecule has 1 saturated heterocycles. The molecule has 24 heavy (non-hydrogen) atoms. The number of hydrogen-bond donors (Lipinski definition) is 1. The standard InChI is InChI=1S/C18H23N3O3/c1-23-13-10-20-18(22)21-11-7-15(8-12-21)24-16-6-2-4-14-5-3-9-19-17(14)16/h2-6,9,15H,7-8,10-13H2,1H3,(H,20,22). The molecule has 6 nitrogen and oxygen atoms in total. The van der Waals surface area contributed by atoms with Crippen LogP contribution in [0, 0.1) is 0 Å². The largest absolute Gasteiger partial charge is 0.488 e. The lowest BCUT2D eigenvalue weighted by molar-refractivity contribution is 0.110. The Labute approximate surface area is 141 Å². The van der Waals surface area contributed by atoms with E-state index in [0.717, 1.165) is 29.5 Å². The number of urea groups is 1. The number of amides is 2. The third-order valence-corrected chi connectivity index (χ3v) is 4.20. The zero-order valence-corrected chi connectivity index (χ0v) is 13.9. The molecule has 1 fully saturated rings. The SMILES string of the molecule is COCCNC(=O)N1CCC(Oc2cccc3cccnc23)CC1. The van der Waals surface area contributed by atoms with Gasteiger partial charge in [0.2, 0.25) is 0 Å². The van der Waals surface area contributed by atoms with Crippen LogP contribution in [0.15, 0.2) is 36.5 Å². The number of rotatable bonds is 5. The van der Waals surface area contributed by atoms with Crippen molar-refractivity contribution in [1.29, 1.82) is 0 Å². The highest BCUT2D eigenvalue weighted by molar-refractivity contribution is 5.84. The van der Waals surface area contributed by atoms with E-state index in [4.69, 9.17) is 9.47 Å². The summed E-state index contributed by atoms with van der Waals surface area (Å²) in [7, 11) is 1.62. The zero-order chi connectivity index (χ0) is 16.8. The maximum absolute atomic E-state index is 12.0. The molecule has 0 atom stereocenters. The first-order chi connectivity index (χ1) is 11.8. The Morgan fingerprint density at radius 3 is 2.88 bits per heavy atom. The Bertz CT molecular complexity index is 679. The molecule has 0 bridgehead atoms. The van der Waals surface area contributed by atoms with Crippen molar-refractivity contribution in [1.82, 2.24) is 15.2 Å². The van der Waals surface area contributed by atoms with Gasteiger partial charge < -0.3 is 19.7 Å². The minimum atomic E-state index is -0.0303. The van der Waals surface area contributed by atoms with Crippen LogP contribution >= 0.6 is 0 Å². The fourth-order valence-electron chi connectivity index (χ4n) is 2.90. The fraction of sp³-hybridized carbons (Fsp3) is 0.444. The molecule has 0 aliphatic carbocycles. The van der Waals surface area contributed by atoms with Gasteiger partial charge in [-0.15, -0.1) is 0 Å². The van der Waals surface area contributed by atoms with Crippen molar-refractivity contribution >= 4 is 16.9 Å². The molecular formula is C18H23N3O3. The van der Waals surface area contributed by atoms with Gasteiger partial charge in [-0.2, -0.15) is 0 Å². The lowest BCUT2D eigenvalue weighted by Gasteiger charge is -2.32. The van der Waals surface area contributed by atoms with Crippen LogP contribution in [-0.4, -0.2) is 55.4 Å². The third-order valence-electron chi connectivity index (χ3n) is 4.20. The van der Waals surface area contributed by atoms with Crippen molar-refractivity contribution in [2.24, 2.45) is 0 Å². The second-order valence-corrected chi connectivity index (χ2v) is 5.86. The van der Waals surface area contributed by atoms with E-state index in [0.29, 0.717) is 26.2 Å². The molecule has 2 aromatic rings. The molecule has 0 unspecified atom stereocenters. The summed E-state index contributed by atoms with van der Waals surface area (Å²) in [6.45, 7) is 2.45. The summed E-state index contributed by atoms with van der Waals surface area (Å²) in [5, 5.41) is 3.93. The molecule has 1 aromatic carbocycles. The zero-order valence-electron chi connectivity index (χ0n) is 13.9. The quantitative estimate of drug-likeness (QED) is 0.856. The fourth-order valence-corrected chi connectivity index (χ4v) is 2.90. The number of piperidine rings is 1. The molecule has 3 rings (SSSR count). The number of carbonyl (C=O) groups excluding carboxylic acids is 1. The van der Waals surface area contributed by atoms with Crippen molar-refractivity contribution < 1.29 is 14.3 Å². The van der Waals surface area contributed by atoms with Crippen LogP contribution in [0.25, 0.3) is 10.9 Å². The smallest absolute Gasteiger partial charge is 0.317 e. The van der Waals surface area contributed by atoms with E-state index in [9.17, 15) is 4.79 Å². The van der Waals surface area contributed by atoms with Gasteiger partial charge in [-0.1, -0.05) is 18.2 Å². The average molecular weight is 329 g/mol. The van der Waals surface area contributed by atoms with Crippen LogP contribution < -0.4 is 10.1 Å². The first-order valence-electron chi connectivity index (χ1n) is 8.30. The van der Waals surface area contributed by atoms with Gasteiger partial charge in [-0.3, -0.25) is 4.98 Å². The van der Waals surface area contributed by atoms with Gasteiger partial charge in [0.05, 0.1) is 6.61 Å². The second-order valence-electron chi connectivity index (χ2n) is 5.86. The van der Waals surface area contributed by atoms with E-state index in [2.05, 4.69) is 10.3 Å². The number of likely N-dealkylation sites (tertiary alicyclic amines) is 1. The van der Waals surface area contributed by atoms with Gasteiger partial charge in [0, 0.05) is 51.2 Å². The highest BCUT2D eigenvalue weighted by Crippen LogP contribution is 2.26. The predicted octanol–water partition coefficient (Wildman–Crippen LogP) is 2.43. The number of fused-ring (bicyclic) bond motifs is 1. The number of nitrogens with zero attached hydrogens (tertiary/aromatic N) is 2. The topological polar surface area (TPSA) is 63.7 Å². The van der Waals surface area contributed by atoms with Crippen molar-refractivity contribution in [3.05, 3.63) is 36.5 Å². The van der Waals surface area contributed by atoms with E-state index < -0.39 is 0 Å². The monoisotopic (exact) mass is 329 g/mol. The summed E-state index contributed by atoms with van der Waals surface area (Å²) in [4.78, 5) is 18.3. The Balaban J connectivity index is 1.54. The molecule has 1 aliphatic rings. The average Bonchev–Trinajstić information content (AvgIpc) is 2.63.